The average molecular weight is 278 g/mol. The first kappa shape index (κ1) is 12.0. The summed E-state index contributed by atoms with van der Waals surface area (Å²) in [6, 6.07) is 9.91. The topological polar surface area (TPSA) is 65.0 Å². The normalized spacial score (nSPS) is 14.7. The Kier molecular flexibility index (Phi) is 2.64. The first-order valence-electron chi connectivity index (χ1n) is 6.87. The number of aliphatic hydroxyl groups is 1. The molecule has 0 radical (unpaired) electrons. The molecular formula is C16H14N4O. The molecule has 3 aromatic heterocycles. The molecule has 0 fully saturated rings. The van der Waals surface area contributed by atoms with Crippen molar-refractivity contribution in [3.05, 3.63) is 54.7 Å². The number of aliphatic hydroxyl groups excluding tert-OH is 1. The Labute approximate surface area is 121 Å². The molecule has 4 rings (SSSR count). The van der Waals surface area contributed by atoms with E-state index in [-0.39, 0.29) is 0 Å². The Hall–Kier alpha value is -2.82. The number of hydrogen-bond acceptors (Lipinski definition) is 4. The SMILES string of the molecule is OC1=CN(c2cccc(-c3ccnc4[nH]ccc34)n2)CC1. The number of aromatic nitrogens is 3. The van der Waals surface area contributed by atoms with E-state index in [1.54, 1.807) is 12.4 Å². The molecule has 1 aliphatic heterocycles. The minimum Gasteiger partial charge on any atom is -0.511 e. The Morgan fingerprint density at radius 1 is 1.19 bits per heavy atom. The van der Waals surface area contributed by atoms with E-state index in [0.717, 1.165) is 34.7 Å². The molecule has 2 N–H and O–H groups in total. The van der Waals surface area contributed by atoms with Gasteiger partial charge in [0, 0.05) is 42.5 Å². The summed E-state index contributed by atoms with van der Waals surface area (Å²) in [6.45, 7) is 0.762. The van der Waals surface area contributed by atoms with Crippen LogP contribution in [-0.4, -0.2) is 26.6 Å². The molecule has 0 saturated heterocycles. The maximum atomic E-state index is 9.54. The lowest BCUT2D eigenvalue weighted by Gasteiger charge is -2.14. The minimum absolute atomic E-state index is 0.402. The molecule has 5 nitrogen and oxygen atoms in total. The second-order valence-electron chi connectivity index (χ2n) is 5.04. The Balaban J connectivity index is 1.81. The molecule has 0 amide bonds. The number of rotatable bonds is 2. The fourth-order valence-electron chi connectivity index (χ4n) is 2.64. The monoisotopic (exact) mass is 278 g/mol. The zero-order chi connectivity index (χ0) is 14.2. The van der Waals surface area contributed by atoms with Crippen LogP contribution < -0.4 is 4.90 Å². The third-order valence-corrected chi connectivity index (χ3v) is 3.68. The Morgan fingerprint density at radius 3 is 3.00 bits per heavy atom. The highest BCUT2D eigenvalue weighted by molar-refractivity contribution is 5.91. The first-order chi connectivity index (χ1) is 10.3. The fourth-order valence-corrected chi connectivity index (χ4v) is 2.64. The molecule has 0 atom stereocenters. The third kappa shape index (κ3) is 2.03. The number of nitrogens with zero attached hydrogens (tertiary/aromatic N) is 3. The first-order valence-corrected chi connectivity index (χ1v) is 6.87. The molecule has 0 aromatic carbocycles. The van der Waals surface area contributed by atoms with Crippen molar-refractivity contribution in [1.29, 1.82) is 0 Å². The van der Waals surface area contributed by atoms with Crippen molar-refractivity contribution in [3.8, 4) is 11.3 Å². The van der Waals surface area contributed by atoms with Gasteiger partial charge in [0.05, 0.1) is 5.69 Å². The van der Waals surface area contributed by atoms with Crippen LogP contribution in [0.25, 0.3) is 22.3 Å². The Morgan fingerprint density at radius 2 is 2.14 bits per heavy atom. The predicted molar refractivity (Wildman–Crippen MR) is 82.0 cm³/mol. The van der Waals surface area contributed by atoms with Gasteiger partial charge in [-0.1, -0.05) is 6.07 Å². The number of hydrogen-bond donors (Lipinski definition) is 2. The van der Waals surface area contributed by atoms with Gasteiger partial charge >= 0.3 is 0 Å². The average Bonchev–Trinajstić information content (AvgIpc) is 3.15. The highest BCUT2D eigenvalue weighted by Gasteiger charge is 2.15. The lowest BCUT2D eigenvalue weighted by Crippen LogP contribution is -2.13. The van der Waals surface area contributed by atoms with Crippen molar-refractivity contribution < 1.29 is 5.11 Å². The molecule has 0 spiro atoms. The molecule has 21 heavy (non-hydrogen) atoms. The van der Waals surface area contributed by atoms with E-state index in [1.807, 2.05) is 41.4 Å². The van der Waals surface area contributed by atoms with Crippen molar-refractivity contribution in [3.63, 3.8) is 0 Å². The summed E-state index contributed by atoms with van der Waals surface area (Å²) in [5.41, 5.74) is 2.81. The standard InChI is InChI=1S/C16H14N4O/c21-11-6-9-20(10-11)15-3-1-2-14(19-15)12-4-7-17-16-13(12)5-8-18-16/h1-5,7-8,10,21H,6,9H2,(H,17,18). The van der Waals surface area contributed by atoms with Crippen LogP contribution in [0, 0.1) is 0 Å². The van der Waals surface area contributed by atoms with Gasteiger partial charge in [-0.3, -0.25) is 0 Å². The number of H-pyrrole nitrogens is 1. The molecule has 5 heteroatoms. The summed E-state index contributed by atoms with van der Waals surface area (Å²) >= 11 is 0. The van der Waals surface area contributed by atoms with Crippen molar-refractivity contribution in [2.75, 3.05) is 11.4 Å². The van der Waals surface area contributed by atoms with Crippen molar-refractivity contribution in [2.45, 2.75) is 6.42 Å². The molecule has 0 unspecified atom stereocenters. The van der Waals surface area contributed by atoms with Crippen LogP contribution in [0.2, 0.25) is 0 Å². The maximum absolute atomic E-state index is 9.54. The lowest BCUT2D eigenvalue weighted by molar-refractivity contribution is 0.400. The van der Waals surface area contributed by atoms with Gasteiger partial charge in [0.2, 0.25) is 0 Å². The van der Waals surface area contributed by atoms with Crippen LogP contribution in [0.15, 0.2) is 54.7 Å². The van der Waals surface area contributed by atoms with Crippen molar-refractivity contribution in [1.82, 2.24) is 15.0 Å². The lowest BCUT2D eigenvalue weighted by atomic mass is 10.1. The van der Waals surface area contributed by atoms with Gasteiger partial charge in [-0.05, 0) is 24.3 Å². The summed E-state index contributed by atoms with van der Waals surface area (Å²) in [5.74, 6) is 1.25. The minimum atomic E-state index is 0.402. The molecular weight excluding hydrogens is 264 g/mol. The highest BCUT2D eigenvalue weighted by atomic mass is 16.3. The fraction of sp³-hybridized carbons (Fsp3) is 0.125. The number of aromatic amines is 1. The molecule has 1 aliphatic rings. The van der Waals surface area contributed by atoms with Gasteiger partial charge in [-0.25, -0.2) is 9.97 Å². The number of fused-ring (bicyclic) bond motifs is 1. The van der Waals surface area contributed by atoms with Gasteiger partial charge in [0.25, 0.3) is 0 Å². The van der Waals surface area contributed by atoms with E-state index < -0.39 is 0 Å². The zero-order valence-electron chi connectivity index (χ0n) is 11.3. The van der Waals surface area contributed by atoms with Crippen LogP contribution in [0.3, 0.4) is 0 Å². The van der Waals surface area contributed by atoms with E-state index in [1.165, 1.54) is 0 Å². The van der Waals surface area contributed by atoms with E-state index in [0.29, 0.717) is 12.2 Å². The highest BCUT2D eigenvalue weighted by Crippen LogP contribution is 2.28. The molecule has 0 aliphatic carbocycles. The molecule has 4 heterocycles. The van der Waals surface area contributed by atoms with Crippen LogP contribution in [0.5, 0.6) is 0 Å². The van der Waals surface area contributed by atoms with Crippen LogP contribution in [0.1, 0.15) is 6.42 Å². The molecule has 104 valence electrons. The molecule has 3 aromatic rings. The number of nitrogens with one attached hydrogen (secondary N) is 1. The van der Waals surface area contributed by atoms with E-state index >= 15 is 0 Å². The van der Waals surface area contributed by atoms with Crippen LogP contribution >= 0.6 is 0 Å². The van der Waals surface area contributed by atoms with E-state index in [4.69, 9.17) is 4.98 Å². The Bertz CT molecular complexity index is 837. The molecule has 0 bridgehead atoms. The van der Waals surface area contributed by atoms with Gasteiger partial charge in [-0.2, -0.15) is 0 Å². The van der Waals surface area contributed by atoms with Crippen LogP contribution in [0.4, 0.5) is 5.82 Å². The van der Waals surface area contributed by atoms with Gasteiger partial charge < -0.3 is 15.0 Å². The van der Waals surface area contributed by atoms with E-state index in [2.05, 4.69) is 9.97 Å². The summed E-state index contributed by atoms with van der Waals surface area (Å²) in [6.07, 6.45) is 6.07. The third-order valence-electron chi connectivity index (χ3n) is 3.68. The molecule has 0 saturated carbocycles. The van der Waals surface area contributed by atoms with Crippen molar-refractivity contribution in [2.24, 2.45) is 0 Å². The largest absolute Gasteiger partial charge is 0.511 e. The summed E-state index contributed by atoms with van der Waals surface area (Å²) in [7, 11) is 0. The summed E-state index contributed by atoms with van der Waals surface area (Å²) in [4.78, 5) is 14.1. The zero-order valence-corrected chi connectivity index (χ0v) is 11.3. The number of pyridine rings is 2. The van der Waals surface area contributed by atoms with Gasteiger partial charge in [-0.15, -0.1) is 0 Å². The van der Waals surface area contributed by atoms with Gasteiger partial charge in [0.15, 0.2) is 0 Å². The smallest absolute Gasteiger partial charge is 0.137 e. The summed E-state index contributed by atoms with van der Waals surface area (Å²) in [5, 5.41) is 10.6. The second-order valence-corrected chi connectivity index (χ2v) is 5.04. The quantitative estimate of drug-likeness (QED) is 0.755. The van der Waals surface area contributed by atoms with Gasteiger partial charge in [0.1, 0.15) is 17.2 Å². The second kappa shape index (κ2) is 4.63. The van der Waals surface area contributed by atoms with Crippen molar-refractivity contribution >= 4 is 16.9 Å². The summed E-state index contributed by atoms with van der Waals surface area (Å²) < 4.78 is 0. The maximum Gasteiger partial charge on any atom is 0.137 e. The predicted octanol–water partition coefficient (Wildman–Crippen LogP) is 3.23. The van der Waals surface area contributed by atoms with E-state index in [9.17, 15) is 5.11 Å². The number of anilines is 1. The van der Waals surface area contributed by atoms with Crippen LogP contribution in [-0.2, 0) is 0 Å².